The summed E-state index contributed by atoms with van der Waals surface area (Å²) in [5.41, 5.74) is 9.09. The molecule has 0 bridgehead atoms. The van der Waals surface area contributed by atoms with Gasteiger partial charge in [-0.05, 0) is 133 Å². The minimum atomic E-state index is 0.968. The molecule has 0 spiro atoms. The molecule has 8 heterocycles. The molecule has 0 amide bonds. The van der Waals surface area contributed by atoms with Crippen LogP contribution in [0.1, 0.15) is 155 Å². The van der Waals surface area contributed by atoms with Gasteiger partial charge in [0.2, 0.25) is 0 Å². The fourth-order valence-corrected chi connectivity index (χ4v) is 6.56. The number of imidazole rings is 3. The predicted octanol–water partition coefficient (Wildman–Crippen LogP) is 20.9. The third-order valence-electron chi connectivity index (χ3n) is 8.58. The number of benzene rings is 3. The maximum atomic E-state index is 4.38. The summed E-state index contributed by atoms with van der Waals surface area (Å²) < 4.78 is 3.37. The minimum Gasteiger partial charge on any atom is -0.349 e. The molecular weight excluding hydrogens is 1020 g/mol. The Morgan fingerprint density at radius 2 is 0.975 bits per heavy atom. The lowest BCUT2D eigenvalue weighted by Crippen LogP contribution is -1.89. The van der Waals surface area contributed by atoms with Crippen molar-refractivity contribution in [1.82, 2.24) is 54.4 Å². The number of hydrogen-bond donors (Lipinski definition) is 2. The van der Waals surface area contributed by atoms with Crippen LogP contribution in [-0.4, -0.2) is 54.4 Å². The van der Waals surface area contributed by atoms with Crippen molar-refractivity contribution in [3.05, 3.63) is 215 Å². The first-order valence-corrected chi connectivity index (χ1v) is 30.2. The summed E-state index contributed by atoms with van der Waals surface area (Å²) >= 11 is 3.41. The number of pyridine rings is 3. The first-order valence-electron chi connectivity index (χ1n) is 28.5. The van der Waals surface area contributed by atoms with Gasteiger partial charge in [0.15, 0.2) is 0 Å². The third kappa shape index (κ3) is 40.9. The summed E-state index contributed by atoms with van der Waals surface area (Å²) in [4.78, 5) is 38.5. The molecule has 80 heavy (non-hydrogen) atoms. The van der Waals surface area contributed by atoms with E-state index in [1.807, 2.05) is 288 Å². The van der Waals surface area contributed by atoms with E-state index >= 15 is 0 Å². The smallest absolute Gasteiger partial charge is 0.106 e. The summed E-state index contributed by atoms with van der Waals surface area (Å²) in [5, 5.41) is 4.24. The molecular formula is C67H105N11S2. The summed E-state index contributed by atoms with van der Waals surface area (Å²) in [5.74, 6) is 3.00. The summed E-state index contributed by atoms with van der Waals surface area (Å²) in [6.07, 6.45) is 14.3. The number of nitrogens with zero attached hydrogens (tertiary/aromatic N) is 9. The summed E-state index contributed by atoms with van der Waals surface area (Å²) in [7, 11) is 2.03. The van der Waals surface area contributed by atoms with Crippen molar-refractivity contribution < 1.29 is 0 Å². The molecule has 0 atom stereocenters. The van der Waals surface area contributed by atoms with Crippen LogP contribution in [0.25, 0.3) is 32.3 Å². The Bertz CT molecular complexity index is 2620. The van der Waals surface area contributed by atoms with Crippen LogP contribution in [0.4, 0.5) is 0 Å². The largest absolute Gasteiger partial charge is 0.349 e. The summed E-state index contributed by atoms with van der Waals surface area (Å²) in [6, 6.07) is 38.1. The molecule has 0 fully saturated rings. The quantitative estimate of drug-likeness (QED) is 0.153. The van der Waals surface area contributed by atoms with Gasteiger partial charge in [-0.3, -0.25) is 19.9 Å². The van der Waals surface area contributed by atoms with Gasteiger partial charge in [-0.1, -0.05) is 159 Å². The van der Waals surface area contributed by atoms with E-state index in [-0.39, 0.29) is 0 Å². The predicted molar refractivity (Wildman–Crippen MR) is 359 cm³/mol. The second-order valence-electron chi connectivity index (χ2n) is 14.0. The van der Waals surface area contributed by atoms with Crippen molar-refractivity contribution in [2.75, 3.05) is 0 Å². The van der Waals surface area contributed by atoms with E-state index in [1.165, 1.54) is 21.3 Å². The molecule has 440 valence electrons. The van der Waals surface area contributed by atoms with Crippen LogP contribution in [0.15, 0.2) is 170 Å². The number of fused-ring (bicyclic) bond motifs is 3. The van der Waals surface area contributed by atoms with Gasteiger partial charge in [0, 0.05) is 67.7 Å². The zero-order valence-electron chi connectivity index (χ0n) is 54.0. The number of aromatic nitrogens is 11. The number of thiazole rings is 2. The van der Waals surface area contributed by atoms with E-state index in [0.29, 0.717) is 0 Å². The lowest BCUT2D eigenvalue weighted by atomic mass is 10.3. The molecule has 2 N–H and O–H groups in total. The molecule has 11 aromatic rings. The molecule has 8 aromatic heterocycles. The van der Waals surface area contributed by atoms with Gasteiger partial charge in [-0.2, -0.15) is 0 Å². The fourth-order valence-electron chi connectivity index (χ4n) is 5.30. The van der Waals surface area contributed by atoms with E-state index in [4.69, 9.17) is 0 Å². The molecule has 11 rings (SSSR count). The molecule has 0 radical (unpaired) electrons. The fraction of sp³-hybridized carbons (Fsp3) is 0.373. The normalized spacial score (nSPS) is 8.31. The molecule has 11 nitrogen and oxygen atoms in total. The number of aromatic amines is 2. The molecule has 0 aliphatic rings. The first-order chi connectivity index (χ1) is 39.0. The zero-order valence-corrected chi connectivity index (χ0v) is 55.6. The highest BCUT2D eigenvalue weighted by Gasteiger charge is 2.00. The Morgan fingerprint density at radius 1 is 0.412 bits per heavy atom. The van der Waals surface area contributed by atoms with Crippen LogP contribution in [0.5, 0.6) is 0 Å². The van der Waals surface area contributed by atoms with Crippen LogP contribution >= 0.6 is 22.7 Å². The monoisotopic (exact) mass is 1130 g/mol. The van der Waals surface area contributed by atoms with Crippen LogP contribution in [0.2, 0.25) is 0 Å². The van der Waals surface area contributed by atoms with E-state index in [0.717, 1.165) is 55.2 Å². The van der Waals surface area contributed by atoms with E-state index < -0.39 is 0 Å². The molecule has 13 heteroatoms. The molecule has 0 aliphatic carbocycles. The third-order valence-corrected chi connectivity index (χ3v) is 10.2. The van der Waals surface area contributed by atoms with Gasteiger partial charge in [0.1, 0.15) is 17.5 Å². The zero-order chi connectivity index (χ0) is 61.9. The van der Waals surface area contributed by atoms with Crippen molar-refractivity contribution >= 4 is 55.0 Å². The number of hydrogen-bond acceptors (Lipinski definition) is 10. The van der Waals surface area contributed by atoms with Crippen molar-refractivity contribution in [2.24, 2.45) is 7.05 Å². The topological polar surface area (TPSA) is 140 Å². The second kappa shape index (κ2) is 59.4. The lowest BCUT2D eigenvalue weighted by Gasteiger charge is -1.93. The Labute approximate surface area is 494 Å². The number of para-hydroxylation sites is 5. The Hall–Kier alpha value is -7.22. The maximum Gasteiger partial charge on any atom is 0.106 e. The molecule has 0 saturated carbocycles. The minimum absolute atomic E-state index is 0.968. The van der Waals surface area contributed by atoms with E-state index in [9.17, 15) is 0 Å². The van der Waals surface area contributed by atoms with Crippen molar-refractivity contribution in [3.63, 3.8) is 0 Å². The number of nitrogens with one attached hydrogen (secondary N) is 2. The van der Waals surface area contributed by atoms with Crippen LogP contribution < -0.4 is 0 Å². The molecule has 3 aromatic carbocycles. The Kier molecular flexibility index (Phi) is 60.6. The standard InChI is InChI=1S/C9H10N2.C8H8N2.C8H7NS.3C6H7N.C4H6N2.C4H5NS.8C2H6/c1-7-10-8-5-3-4-6-9(8)11(7)2;2*1-6-9-7-4-2-3-5-8(7)10-6;1-6-2-4-7-5-3-6;1-6-3-2-4-7-5-6;1-6-4-2-3-5-7-6;2*1-4-5-2-3-6-4;8*1-2/h3-6H,1-2H3;2-5H,1H3,(H,9,10);2-5H,1H3;3*2-5H,1H3;2-3H,1H3,(H,5,6);2-3H,1H3;8*1-2H3. The molecule has 0 saturated heterocycles. The van der Waals surface area contributed by atoms with Crippen LogP contribution in [0, 0.1) is 55.4 Å². The van der Waals surface area contributed by atoms with Gasteiger partial charge < -0.3 is 14.5 Å². The number of H-pyrrole nitrogens is 2. The van der Waals surface area contributed by atoms with Gasteiger partial charge in [0.25, 0.3) is 0 Å². The average Bonchev–Trinajstić information content (AvgIpc) is 4.41. The van der Waals surface area contributed by atoms with Crippen molar-refractivity contribution in [1.29, 1.82) is 0 Å². The van der Waals surface area contributed by atoms with Crippen molar-refractivity contribution in [3.8, 4) is 0 Å². The van der Waals surface area contributed by atoms with Gasteiger partial charge in [0.05, 0.1) is 42.3 Å². The highest BCUT2D eigenvalue weighted by Crippen LogP contribution is 2.20. The van der Waals surface area contributed by atoms with Gasteiger partial charge in [-0.25, -0.2) is 19.9 Å². The van der Waals surface area contributed by atoms with Gasteiger partial charge >= 0.3 is 0 Å². The second-order valence-corrected chi connectivity index (χ2v) is 16.3. The van der Waals surface area contributed by atoms with E-state index in [1.54, 1.807) is 66.1 Å². The lowest BCUT2D eigenvalue weighted by molar-refractivity contribution is 0.886. The first kappa shape index (κ1) is 81.6. The average molecular weight is 1130 g/mol. The van der Waals surface area contributed by atoms with Crippen LogP contribution in [-0.2, 0) is 7.05 Å². The van der Waals surface area contributed by atoms with Crippen molar-refractivity contribution in [2.45, 2.75) is 166 Å². The highest BCUT2D eigenvalue weighted by atomic mass is 32.1. The number of aryl methyl sites for hydroxylation is 9. The summed E-state index contributed by atoms with van der Waals surface area (Å²) in [6.45, 7) is 47.9. The molecule has 0 unspecified atom stereocenters. The Balaban J connectivity index is -0.000000260. The van der Waals surface area contributed by atoms with Crippen LogP contribution in [0.3, 0.4) is 0 Å². The van der Waals surface area contributed by atoms with Gasteiger partial charge in [-0.15, -0.1) is 22.7 Å². The number of rotatable bonds is 0. The Morgan fingerprint density at radius 3 is 1.35 bits per heavy atom. The SMILES string of the molecule is CC.CC.CC.CC.CC.CC.CC.CC.Cc1ccccn1.Cc1cccnc1.Cc1ccncc1.Cc1nc2ccccc2[nH]1.Cc1nc2ccccc2n1C.Cc1nc2ccccc2s1.Cc1ncc[nH]1.Cc1nccs1. The van der Waals surface area contributed by atoms with E-state index in [2.05, 4.69) is 66.5 Å². The highest BCUT2D eigenvalue weighted by molar-refractivity contribution is 7.18. The molecule has 0 aliphatic heterocycles. The maximum absolute atomic E-state index is 4.38.